The largest absolute Gasteiger partial charge is 0.423 e. The summed E-state index contributed by atoms with van der Waals surface area (Å²) in [6, 6.07) is 11.8. The van der Waals surface area contributed by atoms with Gasteiger partial charge in [0.2, 0.25) is 5.91 Å². The van der Waals surface area contributed by atoms with Gasteiger partial charge in [-0.05, 0) is 67.5 Å². The van der Waals surface area contributed by atoms with Crippen LogP contribution in [0.5, 0.6) is 0 Å². The number of anilines is 2. The molecule has 8 nitrogen and oxygen atoms in total. The quantitative estimate of drug-likeness (QED) is 0.270. The fraction of sp³-hybridized carbons (Fsp3) is 0.567. The minimum atomic E-state index is -4.83. The van der Waals surface area contributed by atoms with Crippen molar-refractivity contribution in [2.24, 2.45) is 0 Å². The molecule has 0 spiro atoms. The van der Waals surface area contributed by atoms with Gasteiger partial charge in [-0.3, -0.25) is 14.9 Å². The number of nitrogens with zero attached hydrogens (tertiary/aromatic N) is 3. The first-order chi connectivity index (χ1) is 19.3. The van der Waals surface area contributed by atoms with E-state index in [0.29, 0.717) is 32.0 Å². The monoisotopic (exact) mass is 575 g/mol. The number of halogens is 3. The molecule has 0 saturated carbocycles. The Labute approximate surface area is 239 Å². The highest BCUT2D eigenvalue weighted by atomic mass is 19.4. The lowest BCUT2D eigenvalue weighted by Crippen LogP contribution is -2.40. The zero-order chi connectivity index (χ0) is 29.8. The van der Waals surface area contributed by atoms with Gasteiger partial charge in [-0.25, -0.2) is 0 Å². The van der Waals surface area contributed by atoms with Crippen LogP contribution in [0, 0.1) is 10.1 Å². The first kappa shape index (κ1) is 30.6. The molecule has 0 unspecified atom stereocenters. The van der Waals surface area contributed by atoms with E-state index in [1.54, 1.807) is 4.90 Å². The molecule has 0 bridgehead atoms. The minimum Gasteiger partial charge on any atom is -0.382 e. The molecule has 2 fully saturated rings. The maximum atomic E-state index is 13.3. The van der Waals surface area contributed by atoms with Crippen LogP contribution in [0.3, 0.4) is 0 Å². The zero-order valence-electron chi connectivity index (χ0n) is 24.0. The third kappa shape index (κ3) is 8.34. The predicted molar refractivity (Wildman–Crippen MR) is 154 cm³/mol. The Bertz CT molecular complexity index is 1210. The summed E-state index contributed by atoms with van der Waals surface area (Å²) in [6.45, 7) is 10.4. The SMILES string of the molecule is CC(C)(C)c1ccc(NC2CCN(CCCC(=O)N3CC[C@H](Nc4ccc([N+](=O)[O-])c(C(F)(F)F)c4)C3)CC2)cc1. The second kappa shape index (κ2) is 12.7. The predicted octanol–water partition coefficient (Wildman–Crippen LogP) is 6.28. The second-order valence-corrected chi connectivity index (χ2v) is 12.1. The van der Waals surface area contributed by atoms with Crippen molar-refractivity contribution >= 4 is 23.0 Å². The number of nitro benzene ring substituents is 1. The molecule has 11 heteroatoms. The van der Waals surface area contributed by atoms with E-state index in [1.165, 1.54) is 11.6 Å². The van der Waals surface area contributed by atoms with Crippen molar-refractivity contribution in [2.75, 3.05) is 43.4 Å². The number of hydrogen-bond acceptors (Lipinski definition) is 6. The summed E-state index contributed by atoms with van der Waals surface area (Å²) >= 11 is 0. The molecule has 1 amide bonds. The van der Waals surface area contributed by atoms with E-state index < -0.39 is 22.4 Å². The molecule has 2 aromatic rings. The first-order valence-electron chi connectivity index (χ1n) is 14.3. The summed E-state index contributed by atoms with van der Waals surface area (Å²) in [6.07, 6.45) is -0.941. The van der Waals surface area contributed by atoms with Crippen LogP contribution >= 0.6 is 0 Å². The van der Waals surface area contributed by atoms with E-state index in [9.17, 15) is 28.1 Å². The summed E-state index contributed by atoms with van der Waals surface area (Å²) < 4.78 is 39.9. The Morgan fingerprint density at radius 2 is 1.56 bits per heavy atom. The van der Waals surface area contributed by atoms with Gasteiger partial charge in [0.05, 0.1) is 4.92 Å². The van der Waals surface area contributed by atoms with Crippen molar-refractivity contribution in [3.05, 3.63) is 63.7 Å². The summed E-state index contributed by atoms with van der Waals surface area (Å²) in [5.74, 6) is 0.0456. The van der Waals surface area contributed by atoms with Gasteiger partial charge in [-0.2, -0.15) is 13.2 Å². The summed E-state index contributed by atoms with van der Waals surface area (Å²) in [7, 11) is 0. The number of benzene rings is 2. The van der Waals surface area contributed by atoms with Gasteiger partial charge in [0, 0.05) is 62.1 Å². The molecule has 2 aromatic carbocycles. The Balaban J connectivity index is 1.16. The highest BCUT2D eigenvalue weighted by molar-refractivity contribution is 5.76. The van der Waals surface area contributed by atoms with Gasteiger partial charge in [0.25, 0.3) is 5.69 Å². The summed E-state index contributed by atoms with van der Waals surface area (Å²) in [5.41, 5.74) is 0.498. The maximum absolute atomic E-state index is 13.3. The van der Waals surface area contributed by atoms with Crippen molar-refractivity contribution in [3.63, 3.8) is 0 Å². The zero-order valence-corrected chi connectivity index (χ0v) is 24.0. The van der Waals surface area contributed by atoms with E-state index >= 15 is 0 Å². The number of piperidine rings is 1. The van der Waals surface area contributed by atoms with Crippen LogP contribution in [-0.2, 0) is 16.4 Å². The van der Waals surface area contributed by atoms with Crippen LogP contribution < -0.4 is 10.6 Å². The van der Waals surface area contributed by atoms with E-state index in [0.717, 1.165) is 56.7 Å². The molecule has 0 aromatic heterocycles. The summed E-state index contributed by atoms with van der Waals surface area (Å²) in [5, 5.41) is 17.6. The molecule has 0 aliphatic carbocycles. The van der Waals surface area contributed by atoms with Crippen LogP contribution in [0.1, 0.15) is 64.0 Å². The number of nitro groups is 1. The Kier molecular flexibility index (Phi) is 9.46. The number of carbonyl (C=O) groups is 1. The molecule has 2 N–H and O–H groups in total. The summed E-state index contributed by atoms with van der Waals surface area (Å²) in [4.78, 5) is 26.9. The molecule has 2 aliphatic heterocycles. The molecule has 1 atom stereocenters. The van der Waals surface area contributed by atoms with Crippen LogP contribution in [0.2, 0.25) is 0 Å². The molecule has 41 heavy (non-hydrogen) atoms. The molecule has 224 valence electrons. The van der Waals surface area contributed by atoms with Gasteiger partial charge in [0.1, 0.15) is 5.56 Å². The number of hydrogen-bond donors (Lipinski definition) is 2. The lowest BCUT2D eigenvalue weighted by Gasteiger charge is -2.33. The molecular formula is C30H40F3N5O3. The molecule has 0 radical (unpaired) electrons. The van der Waals surface area contributed by atoms with Crippen LogP contribution in [-0.4, -0.2) is 65.4 Å². The van der Waals surface area contributed by atoms with Crippen LogP contribution in [0.4, 0.5) is 30.2 Å². The third-order valence-electron chi connectivity index (χ3n) is 7.98. The number of nitrogens with one attached hydrogen (secondary N) is 2. The normalized spacial score (nSPS) is 18.9. The van der Waals surface area contributed by atoms with Gasteiger partial charge in [-0.15, -0.1) is 0 Å². The Morgan fingerprint density at radius 1 is 0.951 bits per heavy atom. The number of alkyl halides is 3. The molecule has 2 heterocycles. The van der Waals surface area contributed by atoms with Gasteiger partial charge in [0.15, 0.2) is 0 Å². The van der Waals surface area contributed by atoms with Gasteiger partial charge in [-0.1, -0.05) is 32.9 Å². The van der Waals surface area contributed by atoms with Crippen molar-refractivity contribution in [1.29, 1.82) is 0 Å². The minimum absolute atomic E-state index is 0.0456. The van der Waals surface area contributed by atoms with Gasteiger partial charge >= 0.3 is 6.18 Å². The second-order valence-electron chi connectivity index (χ2n) is 12.1. The first-order valence-corrected chi connectivity index (χ1v) is 14.3. The van der Waals surface area contributed by atoms with Gasteiger partial charge < -0.3 is 20.4 Å². The highest BCUT2D eigenvalue weighted by Gasteiger charge is 2.38. The fourth-order valence-electron chi connectivity index (χ4n) is 5.57. The van der Waals surface area contributed by atoms with E-state index in [-0.39, 0.29) is 23.1 Å². The van der Waals surface area contributed by atoms with Crippen LogP contribution in [0.25, 0.3) is 0 Å². The standard InChI is InChI=1S/C30H40F3N5O3/c1-29(2,3)21-6-8-22(9-7-21)34-23-12-16-36(17-13-23)15-4-5-28(39)37-18-14-25(20-37)35-24-10-11-27(38(40)41)26(19-24)30(31,32)33/h6-11,19,23,25,34-35H,4-5,12-18,20H2,1-3H3/t25-/m0/s1. The lowest BCUT2D eigenvalue weighted by atomic mass is 9.87. The van der Waals surface area contributed by atoms with E-state index in [2.05, 4.69) is 60.6 Å². The maximum Gasteiger partial charge on any atom is 0.423 e. The number of amides is 1. The third-order valence-corrected chi connectivity index (χ3v) is 7.98. The fourth-order valence-corrected chi connectivity index (χ4v) is 5.57. The lowest BCUT2D eigenvalue weighted by molar-refractivity contribution is -0.388. The van der Waals surface area contributed by atoms with Crippen molar-refractivity contribution in [2.45, 2.75) is 76.6 Å². The molecular weight excluding hydrogens is 535 g/mol. The average Bonchev–Trinajstić information content (AvgIpc) is 3.37. The molecule has 2 saturated heterocycles. The van der Waals surface area contributed by atoms with Crippen molar-refractivity contribution in [1.82, 2.24) is 9.80 Å². The van der Waals surface area contributed by atoms with Crippen LogP contribution in [0.15, 0.2) is 42.5 Å². The van der Waals surface area contributed by atoms with Crippen molar-refractivity contribution < 1.29 is 22.9 Å². The van der Waals surface area contributed by atoms with E-state index in [4.69, 9.17) is 0 Å². The number of rotatable bonds is 9. The number of likely N-dealkylation sites (tertiary alicyclic amines) is 2. The average molecular weight is 576 g/mol. The molecule has 4 rings (SSSR count). The highest BCUT2D eigenvalue weighted by Crippen LogP contribution is 2.38. The smallest absolute Gasteiger partial charge is 0.382 e. The topological polar surface area (TPSA) is 90.8 Å². The van der Waals surface area contributed by atoms with Crippen molar-refractivity contribution in [3.8, 4) is 0 Å². The Hall–Kier alpha value is -3.34. The van der Waals surface area contributed by atoms with E-state index in [1.807, 2.05) is 0 Å². The Morgan fingerprint density at radius 3 is 2.17 bits per heavy atom. The molecule has 2 aliphatic rings. The number of carbonyl (C=O) groups excluding carboxylic acids is 1.